The van der Waals surface area contributed by atoms with E-state index in [-0.39, 0.29) is 12.3 Å². The summed E-state index contributed by atoms with van der Waals surface area (Å²) in [6.07, 6.45) is 1.04. The molecule has 0 aromatic carbocycles. The van der Waals surface area contributed by atoms with Crippen LogP contribution in [-0.2, 0) is 10.0 Å². The maximum atomic E-state index is 13.6. The van der Waals surface area contributed by atoms with Crippen LogP contribution in [0.25, 0.3) is 0 Å². The quantitative estimate of drug-likeness (QED) is 0.866. The number of halogens is 2. The van der Waals surface area contributed by atoms with Crippen molar-refractivity contribution in [1.29, 1.82) is 0 Å². The van der Waals surface area contributed by atoms with Gasteiger partial charge in [-0.3, -0.25) is 0 Å². The molecule has 2 aliphatic carbocycles. The van der Waals surface area contributed by atoms with Crippen LogP contribution >= 0.6 is 0 Å². The Labute approximate surface area is 120 Å². The highest BCUT2D eigenvalue weighted by atomic mass is 32.2. The molecule has 118 valence electrons. The first-order valence-corrected chi connectivity index (χ1v) is 8.80. The summed E-state index contributed by atoms with van der Waals surface area (Å²) in [6, 6.07) is -0.688. The summed E-state index contributed by atoms with van der Waals surface area (Å²) in [5, 5.41) is 0. The molecule has 2 saturated carbocycles. The molecule has 1 atom stereocenters. The predicted molar refractivity (Wildman–Crippen MR) is 75.2 cm³/mol. The number of hydrogen-bond donors (Lipinski definition) is 1. The van der Waals surface area contributed by atoms with Crippen molar-refractivity contribution in [1.82, 2.24) is 4.72 Å². The lowest BCUT2D eigenvalue weighted by Gasteiger charge is -2.42. The van der Waals surface area contributed by atoms with Crippen LogP contribution in [0, 0.1) is 11.3 Å². The Bertz CT molecular complexity index is 481. The van der Waals surface area contributed by atoms with Gasteiger partial charge in [0.25, 0.3) is 0 Å². The monoisotopic (exact) mass is 309 g/mol. The van der Waals surface area contributed by atoms with E-state index in [1.165, 1.54) is 0 Å². The minimum absolute atomic E-state index is 0.00668. The van der Waals surface area contributed by atoms with Crippen molar-refractivity contribution in [3.63, 3.8) is 0 Å². The molecule has 20 heavy (non-hydrogen) atoms. The van der Waals surface area contributed by atoms with Crippen LogP contribution in [0.5, 0.6) is 0 Å². The van der Waals surface area contributed by atoms with E-state index >= 15 is 0 Å². The minimum Gasteiger partial charge on any atom is -0.212 e. The second kappa shape index (κ2) is 4.63. The Kier molecular flexibility index (Phi) is 3.74. The van der Waals surface area contributed by atoms with E-state index in [0.29, 0.717) is 19.3 Å². The maximum Gasteiger partial charge on any atom is 0.249 e. The zero-order valence-electron chi connectivity index (χ0n) is 12.7. The first-order valence-electron chi connectivity index (χ1n) is 7.32. The van der Waals surface area contributed by atoms with Crippen LogP contribution in [0.3, 0.4) is 0 Å². The van der Waals surface area contributed by atoms with Crippen molar-refractivity contribution in [2.75, 3.05) is 0 Å². The second-order valence-electron chi connectivity index (χ2n) is 7.44. The van der Waals surface area contributed by atoms with E-state index in [2.05, 4.69) is 4.72 Å². The molecular formula is C14H25F2NO2S. The van der Waals surface area contributed by atoms with Crippen LogP contribution in [0.15, 0.2) is 0 Å². The lowest BCUT2D eigenvalue weighted by atomic mass is 9.72. The number of nitrogens with one attached hydrogen (secondary N) is 1. The third-order valence-corrected chi connectivity index (χ3v) is 7.75. The van der Waals surface area contributed by atoms with Gasteiger partial charge in [0.15, 0.2) is 0 Å². The van der Waals surface area contributed by atoms with Crippen molar-refractivity contribution in [2.24, 2.45) is 11.3 Å². The van der Waals surface area contributed by atoms with E-state index in [1.54, 1.807) is 0 Å². The standard InChI is InChI=1S/C14H25F2NO2S/c1-10(2)13(6-7-13)20(18,19)17-11-9-14(15,16)8-5-12(11,3)4/h10-11,17H,5-9H2,1-4H3. The van der Waals surface area contributed by atoms with Crippen molar-refractivity contribution in [2.45, 2.75) is 76.5 Å². The molecule has 0 saturated heterocycles. The molecule has 1 N–H and O–H groups in total. The van der Waals surface area contributed by atoms with Gasteiger partial charge < -0.3 is 0 Å². The second-order valence-corrected chi connectivity index (χ2v) is 9.50. The molecule has 0 aromatic rings. The summed E-state index contributed by atoms with van der Waals surface area (Å²) in [7, 11) is -3.55. The van der Waals surface area contributed by atoms with E-state index in [0.717, 1.165) is 0 Å². The molecule has 6 heteroatoms. The molecule has 0 spiro atoms. The van der Waals surface area contributed by atoms with E-state index in [4.69, 9.17) is 0 Å². The van der Waals surface area contributed by atoms with Gasteiger partial charge in [-0.25, -0.2) is 21.9 Å². The number of rotatable bonds is 4. The van der Waals surface area contributed by atoms with Crippen molar-refractivity contribution >= 4 is 10.0 Å². The largest absolute Gasteiger partial charge is 0.249 e. The maximum absolute atomic E-state index is 13.6. The molecule has 0 aromatic heterocycles. The number of sulfonamides is 1. The van der Waals surface area contributed by atoms with Gasteiger partial charge in [-0.1, -0.05) is 27.7 Å². The zero-order valence-corrected chi connectivity index (χ0v) is 13.5. The summed E-state index contributed by atoms with van der Waals surface area (Å²) in [5.74, 6) is -2.76. The van der Waals surface area contributed by atoms with Gasteiger partial charge in [0, 0.05) is 18.9 Å². The molecule has 1 unspecified atom stereocenters. The average Bonchev–Trinajstić information content (AvgIpc) is 3.04. The Balaban J connectivity index is 2.19. The third-order valence-electron chi connectivity index (χ3n) is 5.21. The highest BCUT2D eigenvalue weighted by Gasteiger charge is 2.58. The zero-order chi connectivity index (χ0) is 15.4. The topological polar surface area (TPSA) is 46.2 Å². The Morgan fingerprint density at radius 2 is 1.65 bits per heavy atom. The lowest BCUT2D eigenvalue weighted by molar-refractivity contribution is -0.0720. The van der Waals surface area contributed by atoms with E-state index in [9.17, 15) is 17.2 Å². The lowest BCUT2D eigenvalue weighted by Crippen LogP contribution is -2.54. The molecule has 2 rings (SSSR count). The van der Waals surface area contributed by atoms with Gasteiger partial charge in [-0.15, -0.1) is 0 Å². The highest BCUT2D eigenvalue weighted by Crippen LogP contribution is 2.50. The Hall–Kier alpha value is -0.230. The van der Waals surface area contributed by atoms with Gasteiger partial charge in [-0.05, 0) is 30.6 Å². The SMILES string of the molecule is CC(C)C1(S(=O)(=O)NC2CC(F)(F)CCC2(C)C)CC1. The van der Waals surface area contributed by atoms with Gasteiger partial charge in [0.2, 0.25) is 15.9 Å². The normalized spacial score (nSPS) is 31.2. The summed E-state index contributed by atoms with van der Waals surface area (Å²) >= 11 is 0. The van der Waals surface area contributed by atoms with Crippen molar-refractivity contribution < 1.29 is 17.2 Å². The summed E-state index contributed by atoms with van der Waals surface area (Å²) in [4.78, 5) is 0. The number of hydrogen-bond acceptors (Lipinski definition) is 2. The fourth-order valence-electron chi connectivity index (χ4n) is 3.14. The van der Waals surface area contributed by atoms with Crippen LogP contribution in [0.4, 0.5) is 8.78 Å². The van der Waals surface area contributed by atoms with Crippen molar-refractivity contribution in [3.8, 4) is 0 Å². The van der Waals surface area contributed by atoms with E-state index < -0.39 is 38.6 Å². The molecule has 0 bridgehead atoms. The van der Waals surface area contributed by atoms with Crippen LogP contribution in [-0.4, -0.2) is 25.1 Å². The Morgan fingerprint density at radius 3 is 2.10 bits per heavy atom. The average molecular weight is 309 g/mol. The summed E-state index contributed by atoms with van der Waals surface area (Å²) in [5.41, 5.74) is -0.429. The smallest absolute Gasteiger partial charge is 0.212 e. The van der Waals surface area contributed by atoms with Crippen LogP contribution in [0.1, 0.15) is 59.8 Å². The molecule has 0 aliphatic heterocycles. The van der Waals surface area contributed by atoms with E-state index in [1.807, 2.05) is 27.7 Å². The first kappa shape index (κ1) is 16.1. The third kappa shape index (κ3) is 2.73. The fraction of sp³-hybridized carbons (Fsp3) is 1.00. The molecule has 0 amide bonds. The summed E-state index contributed by atoms with van der Waals surface area (Å²) < 4.78 is 54.2. The molecule has 0 heterocycles. The highest BCUT2D eigenvalue weighted by molar-refractivity contribution is 7.91. The molecule has 0 radical (unpaired) electrons. The number of alkyl halides is 2. The molecule has 2 fully saturated rings. The molecule has 3 nitrogen and oxygen atoms in total. The van der Waals surface area contributed by atoms with Gasteiger partial charge in [0.05, 0.1) is 4.75 Å². The van der Waals surface area contributed by atoms with Gasteiger partial charge in [-0.2, -0.15) is 0 Å². The van der Waals surface area contributed by atoms with Gasteiger partial charge in [0.1, 0.15) is 0 Å². The van der Waals surface area contributed by atoms with Crippen LogP contribution in [0.2, 0.25) is 0 Å². The fourth-order valence-corrected chi connectivity index (χ4v) is 5.41. The van der Waals surface area contributed by atoms with Gasteiger partial charge >= 0.3 is 0 Å². The molecular weight excluding hydrogens is 284 g/mol. The first-order chi connectivity index (χ1) is 8.92. The van der Waals surface area contributed by atoms with Crippen molar-refractivity contribution in [3.05, 3.63) is 0 Å². The predicted octanol–water partition coefficient (Wildman–Crippen LogP) is 3.31. The summed E-state index contributed by atoms with van der Waals surface area (Å²) in [6.45, 7) is 7.49. The Morgan fingerprint density at radius 1 is 1.10 bits per heavy atom. The van der Waals surface area contributed by atoms with Crippen LogP contribution < -0.4 is 4.72 Å². The minimum atomic E-state index is -3.55. The molecule has 2 aliphatic rings.